The van der Waals surface area contributed by atoms with Crippen molar-refractivity contribution >= 4 is 28.8 Å². The number of carbonyl (C=O) groups excluding carboxylic acids is 1. The molecule has 0 fully saturated rings. The number of benzene rings is 1. The van der Waals surface area contributed by atoms with Crippen molar-refractivity contribution in [1.29, 1.82) is 0 Å². The fourth-order valence-electron chi connectivity index (χ4n) is 1.37. The molecule has 0 radical (unpaired) electrons. The highest BCUT2D eigenvalue weighted by Gasteiger charge is 2.25. The van der Waals surface area contributed by atoms with E-state index in [4.69, 9.17) is 18.0 Å². The van der Waals surface area contributed by atoms with Crippen LogP contribution in [0.1, 0.15) is 32.8 Å². The molecule has 1 aromatic carbocycles. The number of carbonyl (C=O) groups is 1. The van der Waals surface area contributed by atoms with Crippen molar-refractivity contribution in [3.05, 3.63) is 29.8 Å². The van der Waals surface area contributed by atoms with Crippen LogP contribution in [0.4, 0.5) is 5.69 Å². The minimum absolute atomic E-state index is 0.0343. The van der Waals surface area contributed by atoms with E-state index < -0.39 is 0 Å². The SMILES string of the molecule is CCC(C)(C)C(=O)Nc1ccc(CC(N)=S)cc1. The van der Waals surface area contributed by atoms with Crippen molar-refractivity contribution in [3.8, 4) is 0 Å². The summed E-state index contributed by atoms with van der Waals surface area (Å²) in [6.45, 7) is 5.87. The second-order valence-electron chi connectivity index (χ2n) is 5.03. The summed E-state index contributed by atoms with van der Waals surface area (Å²) >= 11 is 4.85. The summed E-state index contributed by atoms with van der Waals surface area (Å²) in [7, 11) is 0. The van der Waals surface area contributed by atoms with Gasteiger partial charge in [0, 0.05) is 17.5 Å². The van der Waals surface area contributed by atoms with Crippen LogP contribution < -0.4 is 11.1 Å². The molecule has 1 amide bonds. The normalized spacial score (nSPS) is 11.1. The number of hydrogen-bond acceptors (Lipinski definition) is 2. The van der Waals surface area contributed by atoms with Gasteiger partial charge in [-0.05, 0) is 24.1 Å². The van der Waals surface area contributed by atoms with Crippen LogP contribution in [-0.4, -0.2) is 10.9 Å². The molecule has 0 heterocycles. The minimum Gasteiger partial charge on any atom is -0.393 e. The summed E-state index contributed by atoms with van der Waals surface area (Å²) in [5, 5.41) is 2.91. The van der Waals surface area contributed by atoms with Crippen LogP contribution in [0.15, 0.2) is 24.3 Å². The Morgan fingerprint density at radius 2 is 1.89 bits per heavy atom. The highest BCUT2D eigenvalue weighted by atomic mass is 32.1. The van der Waals surface area contributed by atoms with Gasteiger partial charge >= 0.3 is 0 Å². The number of hydrogen-bond donors (Lipinski definition) is 2. The lowest BCUT2D eigenvalue weighted by Crippen LogP contribution is -2.29. The number of nitrogens with one attached hydrogen (secondary N) is 1. The zero-order chi connectivity index (χ0) is 13.8. The second-order valence-corrected chi connectivity index (χ2v) is 5.56. The molecule has 1 aromatic rings. The molecule has 0 bridgehead atoms. The van der Waals surface area contributed by atoms with Crippen LogP contribution in [0, 0.1) is 5.41 Å². The smallest absolute Gasteiger partial charge is 0.230 e. The van der Waals surface area contributed by atoms with Gasteiger partial charge in [-0.25, -0.2) is 0 Å². The van der Waals surface area contributed by atoms with Crippen molar-refractivity contribution in [2.45, 2.75) is 33.6 Å². The first kappa shape index (κ1) is 14.6. The third-order valence-electron chi connectivity index (χ3n) is 3.09. The largest absolute Gasteiger partial charge is 0.393 e. The van der Waals surface area contributed by atoms with E-state index in [0.717, 1.165) is 17.7 Å². The average molecular weight is 264 g/mol. The van der Waals surface area contributed by atoms with E-state index in [1.54, 1.807) is 0 Å². The van der Waals surface area contributed by atoms with Crippen LogP contribution in [0.3, 0.4) is 0 Å². The topological polar surface area (TPSA) is 55.1 Å². The van der Waals surface area contributed by atoms with E-state index in [-0.39, 0.29) is 11.3 Å². The number of nitrogens with two attached hydrogens (primary N) is 1. The molecule has 0 aliphatic carbocycles. The van der Waals surface area contributed by atoms with Crippen molar-refractivity contribution in [3.63, 3.8) is 0 Å². The molecular formula is C14H20N2OS. The fraction of sp³-hybridized carbons (Fsp3) is 0.429. The molecule has 0 aliphatic rings. The molecular weight excluding hydrogens is 244 g/mol. The number of amides is 1. The molecule has 0 spiro atoms. The van der Waals surface area contributed by atoms with E-state index in [2.05, 4.69) is 5.32 Å². The Hall–Kier alpha value is -1.42. The lowest BCUT2D eigenvalue weighted by molar-refractivity contribution is -0.124. The highest BCUT2D eigenvalue weighted by molar-refractivity contribution is 7.80. The third-order valence-corrected chi connectivity index (χ3v) is 3.23. The molecule has 0 aromatic heterocycles. The minimum atomic E-state index is -0.350. The van der Waals surface area contributed by atoms with Crippen molar-refractivity contribution in [1.82, 2.24) is 0 Å². The number of rotatable bonds is 5. The lowest BCUT2D eigenvalue weighted by Gasteiger charge is -2.21. The van der Waals surface area contributed by atoms with Gasteiger partial charge in [0.15, 0.2) is 0 Å². The fourth-order valence-corrected chi connectivity index (χ4v) is 1.53. The summed E-state index contributed by atoms with van der Waals surface area (Å²) in [5.41, 5.74) is 6.98. The molecule has 3 N–H and O–H groups in total. The Morgan fingerprint density at radius 3 is 2.33 bits per heavy atom. The molecule has 18 heavy (non-hydrogen) atoms. The van der Waals surface area contributed by atoms with E-state index in [1.807, 2.05) is 45.0 Å². The molecule has 0 unspecified atom stereocenters. The summed E-state index contributed by atoms with van der Waals surface area (Å²) in [6.07, 6.45) is 1.39. The van der Waals surface area contributed by atoms with Gasteiger partial charge in [-0.3, -0.25) is 4.79 Å². The Balaban J connectivity index is 2.69. The van der Waals surface area contributed by atoms with Crippen LogP contribution in [0.25, 0.3) is 0 Å². The van der Waals surface area contributed by atoms with Gasteiger partial charge in [0.05, 0.1) is 4.99 Å². The van der Waals surface area contributed by atoms with Gasteiger partial charge in [0.25, 0.3) is 0 Å². The van der Waals surface area contributed by atoms with Crippen LogP contribution in [-0.2, 0) is 11.2 Å². The van der Waals surface area contributed by atoms with E-state index in [0.29, 0.717) is 11.4 Å². The summed E-state index contributed by atoms with van der Waals surface area (Å²) in [6, 6.07) is 7.59. The van der Waals surface area contributed by atoms with Gasteiger partial charge in [-0.1, -0.05) is 45.1 Å². The Bertz CT molecular complexity index is 438. The van der Waals surface area contributed by atoms with Crippen molar-refractivity contribution in [2.75, 3.05) is 5.32 Å². The molecule has 0 aliphatic heterocycles. The van der Waals surface area contributed by atoms with Gasteiger partial charge in [0.2, 0.25) is 5.91 Å². The standard InChI is InChI=1S/C14H20N2OS/c1-4-14(2,3)13(17)16-11-7-5-10(6-8-11)9-12(15)18/h5-8H,4,9H2,1-3H3,(H2,15,18)(H,16,17). The second kappa shape index (κ2) is 5.96. The molecule has 0 saturated carbocycles. The summed E-state index contributed by atoms with van der Waals surface area (Å²) in [5.74, 6) is 0.0343. The predicted octanol–water partition coefficient (Wildman–Crippen LogP) is 2.89. The van der Waals surface area contributed by atoms with Gasteiger partial charge in [-0.2, -0.15) is 0 Å². The van der Waals surface area contributed by atoms with Crippen LogP contribution in [0.5, 0.6) is 0 Å². The first-order chi connectivity index (χ1) is 8.35. The quantitative estimate of drug-likeness (QED) is 0.804. The molecule has 0 saturated heterocycles. The Kier molecular flexibility index (Phi) is 4.84. The maximum atomic E-state index is 12.0. The van der Waals surface area contributed by atoms with Crippen molar-refractivity contribution < 1.29 is 4.79 Å². The van der Waals surface area contributed by atoms with Gasteiger partial charge in [0.1, 0.15) is 0 Å². The molecule has 1 rings (SSSR count). The Labute approximate surface area is 114 Å². The average Bonchev–Trinajstić information content (AvgIpc) is 2.31. The van der Waals surface area contributed by atoms with E-state index >= 15 is 0 Å². The molecule has 3 nitrogen and oxygen atoms in total. The Morgan fingerprint density at radius 1 is 1.33 bits per heavy atom. The van der Waals surface area contributed by atoms with Crippen LogP contribution >= 0.6 is 12.2 Å². The van der Waals surface area contributed by atoms with Gasteiger partial charge < -0.3 is 11.1 Å². The molecule has 4 heteroatoms. The first-order valence-electron chi connectivity index (χ1n) is 6.04. The van der Waals surface area contributed by atoms with Crippen LogP contribution in [0.2, 0.25) is 0 Å². The van der Waals surface area contributed by atoms with Crippen molar-refractivity contribution in [2.24, 2.45) is 11.1 Å². The first-order valence-corrected chi connectivity index (χ1v) is 6.44. The van der Waals surface area contributed by atoms with Gasteiger partial charge in [-0.15, -0.1) is 0 Å². The van der Waals surface area contributed by atoms with E-state index in [1.165, 1.54) is 0 Å². The monoisotopic (exact) mass is 264 g/mol. The number of anilines is 1. The summed E-state index contributed by atoms with van der Waals surface area (Å²) < 4.78 is 0. The molecule has 0 atom stereocenters. The predicted molar refractivity (Wildman–Crippen MR) is 79.6 cm³/mol. The maximum absolute atomic E-state index is 12.0. The zero-order valence-electron chi connectivity index (χ0n) is 11.1. The zero-order valence-corrected chi connectivity index (χ0v) is 11.9. The maximum Gasteiger partial charge on any atom is 0.230 e. The molecule has 98 valence electrons. The lowest BCUT2D eigenvalue weighted by atomic mass is 9.89. The van der Waals surface area contributed by atoms with E-state index in [9.17, 15) is 4.79 Å². The number of thiocarbonyl (C=S) groups is 1. The third kappa shape index (κ3) is 4.11. The highest BCUT2D eigenvalue weighted by Crippen LogP contribution is 2.22. The summed E-state index contributed by atoms with van der Waals surface area (Å²) in [4.78, 5) is 12.4.